The molecule has 0 aliphatic heterocycles. The summed E-state index contributed by atoms with van der Waals surface area (Å²) in [6.07, 6.45) is 1.34. The predicted molar refractivity (Wildman–Crippen MR) is 84.2 cm³/mol. The predicted octanol–water partition coefficient (Wildman–Crippen LogP) is 1.46. The lowest BCUT2D eigenvalue weighted by atomic mass is 10.4. The highest BCUT2D eigenvalue weighted by Crippen LogP contribution is 2.12. The second kappa shape index (κ2) is 11.3. The van der Waals surface area contributed by atoms with Crippen molar-refractivity contribution in [3.63, 3.8) is 0 Å². The lowest BCUT2D eigenvalue weighted by Crippen LogP contribution is -2.22. The monoisotopic (exact) mass is 337 g/mol. The first-order valence-corrected chi connectivity index (χ1v) is 7.21. The summed E-state index contributed by atoms with van der Waals surface area (Å²) < 4.78 is 0. The van der Waals surface area contributed by atoms with Crippen molar-refractivity contribution < 1.29 is 4.79 Å². The smallest absolute Gasteiger partial charge is 0.269 e. The van der Waals surface area contributed by atoms with Gasteiger partial charge in [0.15, 0.2) is 5.69 Å². The minimum absolute atomic E-state index is 0.158. The quantitative estimate of drug-likeness (QED) is 0.446. The van der Waals surface area contributed by atoms with Crippen LogP contribution >= 0.6 is 23.2 Å². The number of carbonyl (C=O) groups is 1. The molecule has 1 aromatic rings. The third-order valence-electron chi connectivity index (χ3n) is 2.12. The van der Waals surface area contributed by atoms with E-state index in [-0.39, 0.29) is 11.5 Å². The maximum atomic E-state index is 10.8. The molecule has 1 amide bonds. The normalized spacial score (nSPS) is 10.6. The molecule has 0 unspecified atom stereocenters. The van der Waals surface area contributed by atoms with Crippen LogP contribution in [-0.2, 0) is 0 Å². The van der Waals surface area contributed by atoms with Crippen molar-refractivity contribution in [2.24, 2.45) is 16.1 Å². The number of alkyl halides is 2. The van der Waals surface area contributed by atoms with Crippen LogP contribution in [0.15, 0.2) is 16.7 Å². The maximum absolute atomic E-state index is 10.8. The molecule has 0 bridgehead atoms. The number of primary amides is 1. The number of hydrogen-bond acceptors (Lipinski definition) is 5. The molecule has 0 aromatic carbocycles. The molecule has 0 spiro atoms. The molecule has 0 fully saturated rings. The van der Waals surface area contributed by atoms with Gasteiger partial charge in [0, 0.05) is 38.9 Å². The van der Waals surface area contributed by atoms with Crippen LogP contribution in [-0.4, -0.2) is 71.8 Å². The van der Waals surface area contributed by atoms with Gasteiger partial charge in [0.25, 0.3) is 5.91 Å². The highest BCUT2D eigenvalue weighted by molar-refractivity contribution is 6.18. The van der Waals surface area contributed by atoms with Gasteiger partial charge in [-0.2, -0.15) is 0 Å². The van der Waals surface area contributed by atoms with E-state index < -0.39 is 5.91 Å². The number of nitrogens with two attached hydrogens (primary N) is 1. The summed E-state index contributed by atoms with van der Waals surface area (Å²) in [6.45, 7) is 1.85. The summed E-state index contributed by atoms with van der Waals surface area (Å²) in [7, 11) is 5.42. The maximum Gasteiger partial charge on any atom is 0.269 e. The fourth-order valence-corrected chi connectivity index (χ4v) is 1.65. The summed E-state index contributed by atoms with van der Waals surface area (Å²) in [5, 5.41) is 8.86. The molecule has 1 aromatic heterocycles. The van der Waals surface area contributed by atoms with Crippen molar-refractivity contribution in [3.8, 4) is 0 Å². The molecule has 0 aliphatic carbocycles. The highest BCUT2D eigenvalue weighted by Gasteiger charge is 2.09. The fourth-order valence-electron chi connectivity index (χ4n) is 1.08. The van der Waals surface area contributed by atoms with Crippen LogP contribution in [0.2, 0.25) is 0 Å². The second-order valence-electron chi connectivity index (χ2n) is 4.18. The Kier molecular flexibility index (Phi) is 10.6. The molecular formula is C11H21Cl2N7O. The molecule has 3 N–H and O–H groups in total. The Morgan fingerprint density at radius 1 is 1.33 bits per heavy atom. The highest BCUT2D eigenvalue weighted by atomic mass is 35.5. The van der Waals surface area contributed by atoms with Gasteiger partial charge in [-0.3, -0.25) is 9.80 Å². The minimum Gasteiger partial charge on any atom is -0.364 e. The van der Waals surface area contributed by atoms with Gasteiger partial charge in [-0.25, -0.2) is 4.98 Å². The largest absolute Gasteiger partial charge is 0.364 e. The molecule has 120 valence electrons. The lowest BCUT2D eigenvalue weighted by molar-refractivity contribution is 0.0996. The molecule has 0 saturated carbocycles. The summed E-state index contributed by atoms with van der Waals surface area (Å²) in [5.74, 6) is 0.965. The number of imidazole rings is 1. The number of hydrogen-bond donors (Lipinski definition) is 2. The van der Waals surface area contributed by atoms with Crippen LogP contribution in [0, 0.1) is 0 Å². The Balaban J connectivity index is 0.000000433. The van der Waals surface area contributed by atoms with Gasteiger partial charge < -0.3 is 15.6 Å². The van der Waals surface area contributed by atoms with Crippen LogP contribution in [0.5, 0.6) is 0 Å². The molecule has 1 rings (SSSR count). The topological polar surface area (TPSA) is 103 Å². The number of halogens is 2. The number of carbonyl (C=O) groups excluding carboxylic acids is 1. The van der Waals surface area contributed by atoms with E-state index in [2.05, 4.69) is 25.2 Å². The standard InChI is InChI=1S/C6H10N6O.C5H11Cl2N/c1-12(2)11-10-6-4(5(7)13)8-3-9-6;1-8(4-2-6)5-3-7/h3H,1-2H3,(H2,7,13)(H,8,9);2-5H2,1H3. The van der Waals surface area contributed by atoms with Crippen LogP contribution < -0.4 is 5.73 Å². The number of nitrogens with one attached hydrogen (secondary N) is 1. The van der Waals surface area contributed by atoms with Crippen molar-refractivity contribution in [3.05, 3.63) is 12.0 Å². The molecule has 10 heteroatoms. The summed E-state index contributed by atoms with van der Waals surface area (Å²) >= 11 is 10.9. The first-order valence-electron chi connectivity index (χ1n) is 6.15. The molecule has 1 heterocycles. The fraction of sp³-hybridized carbons (Fsp3) is 0.636. The Morgan fingerprint density at radius 3 is 2.33 bits per heavy atom. The number of nitrogens with zero attached hydrogens (tertiary/aromatic N) is 5. The van der Waals surface area contributed by atoms with E-state index in [1.165, 1.54) is 11.3 Å². The van der Waals surface area contributed by atoms with Gasteiger partial charge >= 0.3 is 0 Å². The summed E-state index contributed by atoms with van der Waals surface area (Å²) in [6, 6.07) is 0. The number of aromatic nitrogens is 2. The van der Waals surface area contributed by atoms with Gasteiger partial charge in [0.2, 0.25) is 5.82 Å². The average molecular weight is 338 g/mol. The van der Waals surface area contributed by atoms with E-state index in [0.29, 0.717) is 11.8 Å². The Labute approximate surface area is 134 Å². The van der Waals surface area contributed by atoms with E-state index in [1.807, 2.05) is 7.05 Å². The zero-order chi connectivity index (χ0) is 16.3. The van der Waals surface area contributed by atoms with Gasteiger partial charge in [-0.15, -0.1) is 28.3 Å². The molecule has 8 nitrogen and oxygen atoms in total. The van der Waals surface area contributed by atoms with Crippen LogP contribution in [0.1, 0.15) is 10.5 Å². The Bertz CT molecular complexity index is 430. The second-order valence-corrected chi connectivity index (χ2v) is 4.94. The Hall–Kier alpha value is -1.38. The number of rotatable bonds is 7. The summed E-state index contributed by atoms with van der Waals surface area (Å²) in [4.78, 5) is 19.2. The van der Waals surface area contributed by atoms with Gasteiger partial charge in [-0.05, 0) is 7.05 Å². The lowest BCUT2D eigenvalue weighted by Gasteiger charge is -2.11. The van der Waals surface area contributed by atoms with Crippen molar-refractivity contribution in [1.29, 1.82) is 0 Å². The zero-order valence-electron chi connectivity index (χ0n) is 12.4. The van der Waals surface area contributed by atoms with Crippen molar-refractivity contribution >= 4 is 34.9 Å². The van der Waals surface area contributed by atoms with Crippen LogP contribution in [0.25, 0.3) is 0 Å². The number of amides is 1. The van der Waals surface area contributed by atoms with Gasteiger partial charge in [-0.1, -0.05) is 5.22 Å². The van der Waals surface area contributed by atoms with Gasteiger partial charge in [0.1, 0.15) is 0 Å². The molecule has 21 heavy (non-hydrogen) atoms. The van der Waals surface area contributed by atoms with E-state index in [1.54, 1.807) is 14.1 Å². The summed E-state index contributed by atoms with van der Waals surface area (Å²) in [5.41, 5.74) is 5.20. The van der Waals surface area contributed by atoms with E-state index in [9.17, 15) is 4.79 Å². The van der Waals surface area contributed by atoms with E-state index >= 15 is 0 Å². The molecular weight excluding hydrogens is 317 g/mol. The van der Waals surface area contributed by atoms with Crippen molar-refractivity contribution in [1.82, 2.24) is 19.9 Å². The van der Waals surface area contributed by atoms with Crippen LogP contribution in [0.3, 0.4) is 0 Å². The first kappa shape index (κ1) is 19.6. The SMILES string of the molecule is CN(C)N=Nc1nc[nH]c1C(N)=O.CN(CCCl)CCCl. The first-order chi connectivity index (χ1) is 9.92. The van der Waals surface area contributed by atoms with E-state index in [0.717, 1.165) is 13.1 Å². The third kappa shape index (κ3) is 9.22. The molecule has 0 radical (unpaired) electrons. The Morgan fingerprint density at radius 2 is 1.90 bits per heavy atom. The number of H-pyrrole nitrogens is 1. The number of aromatic amines is 1. The molecule has 0 atom stereocenters. The van der Waals surface area contributed by atoms with Gasteiger partial charge in [0.05, 0.1) is 6.33 Å². The molecule has 0 saturated heterocycles. The van der Waals surface area contributed by atoms with E-state index in [4.69, 9.17) is 28.9 Å². The zero-order valence-corrected chi connectivity index (χ0v) is 13.9. The van der Waals surface area contributed by atoms with Crippen molar-refractivity contribution in [2.45, 2.75) is 0 Å². The minimum atomic E-state index is -0.606. The van der Waals surface area contributed by atoms with Crippen LogP contribution in [0.4, 0.5) is 5.82 Å². The average Bonchev–Trinajstić information content (AvgIpc) is 2.86. The van der Waals surface area contributed by atoms with Crippen molar-refractivity contribution in [2.75, 3.05) is 46.0 Å². The molecule has 0 aliphatic rings. The third-order valence-corrected chi connectivity index (χ3v) is 2.45.